The van der Waals surface area contributed by atoms with E-state index in [4.69, 9.17) is 23.2 Å². The fraction of sp³-hybridized carbons (Fsp3) is 0.188. The number of thioether (sulfide) groups is 1. The molecule has 1 N–H and O–H groups in total. The van der Waals surface area contributed by atoms with E-state index in [0.29, 0.717) is 16.6 Å². The van der Waals surface area contributed by atoms with E-state index in [9.17, 15) is 9.18 Å². The van der Waals surface area contributed by atoms with Crippen molar-refractivity contribution in [1.82, 2.24) is 4.90 Å². The summed E-state index contributed by atoms with van der Waals surface area (Å²) in [5, 5.41) is 3.46. The number of hydrogen-bond acceptors (Lipinski definition) is 2. The maximum atomic E-state index is 13.7. The Morgan fingerprint density at radius 1 is 1.26 bits per heavy atom. The Morgan fingerprint density at radius 3 is 2.78 bits per heavy atom. The van der Waals surface area contributed by atoms with Gasteiger partial charge in [0, 0.05) is 27.9 Å². The largest absolute Gasteiger partial charge is 0.323 e. The average molecular weight is 371 g/mol. The summed E-state index contributed by atoms with van der Waals surface area (Å²) in [7, 11) is 0. The molecule has 1 saturated heterocycles. The van der Waals surface area contributed by atoms with Crippen molar-refractivity contribution in [3.63, 3.8) is 0 Å². The number of rotatable bonds is 2. The molecule has 0 aliphatic carbocycles. The summed E-state index contributed by atoms with van der Waals surface area (Å²) in [6.07, 6.45) is 0. The van der Waals surface area contributed by atoms with Crippen molar-refractivity contribution in [2.75, 3.05) is 17.6 Å². The molecule has 120 valence electrons. The first kappa shape index (κ1) is 16.4. The predicted octanol–water partition coefficient (Wildman–Crippen LogP) is 5.41. The number of anilines is 1. The van der Waals surface area contributed by atoms with E-state index < -0.39 is 5.82 Å². The average Bonchev–Trinajstić information content (AvgIpc) is 2.99. The van der Waals surface area contributed by atoms with Crippen LogP contribution in [0.5, 0.6) is 0 Å². The molecule has 1 heterocycles. The zero-order chi connectivity index (χ0) is 16.4. The van der Waals surface area contributed by atoms with Crippen molar-refractivity contribution in [3.8, 4) is 0 Å². The molecule has 1 aliphatic heterocycles. The molecule has 3 rings (SSSR count). The third-order valence-corrected chi connectivity index (χ3v) is 5.30. The number of para-hydroxylation sites is 1. The van der Waals surface area contributed by atoms with Gasteiger partial charge in [0.2, 0.25) is 0 Å². The van der Waals surface area contributed by atoms with Gasteiger partial charge in [-0.2, -0.15) is 0 Å². The number of urea groups is 1. The molecular formula is C16H13Cl2FN2OS. The smallest absolute Gasteiger partial charge is 0.308 e. The third-order valence-electron chi connectivity index (χ3n) is 3.50. The highest BCUT2D eigenvalue weighted by molar-refractivity contribution is 7.99. The first-order valence-electron chi connectivity index (χ1n) is 6.95. The van der Waals surface area contributed by atoms with Gasteiger partial charge in [-0.05, 0) is 24.3 Å². The minimum atomic E-state index is -0.464. The fourth-order valence-electron chi connectivity index (χ4n) is 2.39. The van der Waals surface area contributed by atoms with E-state index in [1.54, 1.807) is 40.9 Å². The van der Waals surface area contributed by atoms with E-state index in [0.717, 1.165) is 11.3 Å². The van der Waals surface area contributed by atoms with Crippen LogP contribution in [0.2, 0.25) is 10.0 Å². The summed E-state index contributed by atoms with van der Waals surface area (Å²) in [4.78, 5) is 14.1. The van der Waals surface area contributed by atoms with Crippen molar-refractivity contribution in [2.24, 2.45) is 0 Å². The van der Waals surface area contributed by atoms with E-state index in [-0.39, 0.29) is 17.1 Å². The molecule has 0 saturated carbocycles. The number of carbonyl (C=O) groups is 1. The molecule has 1 aliphatic rings. The minimum Gasteiger partial charge on any atom is -0.308 e. The Labute approximate surface area is 147 Å². The van der Waals surface area contributed by atoms with Crippen LogP contribution >= 0.6 is 35.0 Å². The lowest BCUT2D eigenvalue weighted by atomic mass is 10.2. The molecule has 1 unspecified atom stereocenters. The van der Waals surface area contributed by atoms with Crippen LogP contribution in [0.15, 0.2) is 42.5 Å². The highest BCUT2D eigenvalue weighted by Gasteiger charge is 2.32. The number of halogens is 3. The van der Waals surface area contributed by atoms with Crippen molar-refractivity contribution in [1.29, 1.82) is 0 Å². The standard InChI is InChI=1S/C16H13Cl2FN2OS/c17-10-5-6-11(12(18)9-10)15-21(7-8-23-15)16(22)20-14-4-2-1-3-13(14)19/h1-6,9,15H,7-8H2,(H,20,22). The molecule has 0 aromatic heterocycles. The van der Waals surface area contributed by atoms with Crippen molar-refractivity contribution in [2.45, 2.75) is 5.37 Å². The van der Waals surface area contributed by atoms with Gasteiger partial charge < -0.3 is 10.2 Å². The van der Waals surface area contributed by atoms with E-state index in [2.05, 4.69) is 5.32 Å². The summed E-state index contributed by atoms with van der Waals surface area (Å²) in [6.45, 7) is 0.564. The maximum Gasteiger partial charge on any atom is 0.323 e. The Kier molecular flexibility index (Phi) is 4.99. The molecular weight excluding hydrogens is 358 g/mol. The zero-order valence-corrected chi connectivity index (χ0v) is 14.3. The Hall–Kier alpha value is -1.43. The molecule has 0 radical (unpaired) electrons. The Morgan fingerprint density at radius 2 is 2.04 bits per heavy atom. The molecule has 0 bridgehead atoms. The topological polar surface area (TPSA) is 32.3 Å². The first-order chi connectivity index (χ1) is 11.1. The second kappa shape index (κ2) is 6.99. The van der Waals surface area contributed by atoms with Crippen LogP contribution in [0.4, 0.5) is 14.9 Å². The van der Waals surface area contributed by atoms with Gasteiger partial charge in [-0.25, -0.2) is 9.18 Å². The number of carbonyl (C=O) groups excluding carboxylic acids is 1. The summed E-state index contributed by atoms with van der Waals surface area (Å²) in [5.74, 6) is 0.322. The lowest BCUT2D eigenvalue weighted by Gasteiger charge is -2.25. The molecule has 7 heteroatoms. The molecule has 1 atom stereocenters. The van der Waals surface area contributed by atoms with Gasteiger partial charge in [0.05, 0.1) is 5.69 Å². The van der Waals surface area contributed by atoms with Crippen LogP contribution in [0, 0.1) is 5.82 Å². The van der Waals surface area contributed by atoms with Crippen LogP contribution in [-0.2, 0) is 0 Å². The van der Waals surface area contributed by atoms with Crippen molar-refractivity contribution >= 4 is 46.7 Å². The molecule has 2 amide bonds. The number of amides is 2. The number of benzene rings is 2. The third kappa shape index (κ3) is 3.57. The van der Waals surface area contributed by atoms with Gasteiger partial charge in [-0.3, -0.25) is 0 Å². The number of nitrogens with zero attached hydrogens (tertiary/aromatic N) is 1. The predicted molar refractivity (Wildman–Crippen MR) is 93.8 cm³/mol. The fourth-order valence-corrected chi connectivity index (χ4v) is 4.26. The summed E-state index contributed by atoms with van der Waals surface area (Å²) in [6, 6.07) is 11.0. The van der Waals surface area contributed by atoms with E-state index >= 15 is 0 Å². The summed E-state index contributed by atoms with van der Waals surface area (Å²) in [5.41, 5.74) is 0.984. The summed E-state index contributed by atoms with van der Waals surface area (Å²) < 4.78 is 13.7. The zero-order valence-electron chi connectivity index (χ0n) is 11.9. The maximum absolute atomic E-state index is 13.7. The van der Waals surface area contributed by atoms with Gasteiger partial charge in [0.25, 0.3) is 0 Å². The van der Waals surface area contributed by atoms with Gasteiger partial charge in [0.15, 0.2) is 0 Å². The van der Waals surface area contributed by atoms with Crippen LogP contribution in [0.3, 0.4) is 0 Å². The molecule has 0 spiro atoms. The van der Waals surface area contributed by atoms with Crippen LogP contribution in [0.1, 0.15) is 10.9 Å². The monoisotopic (exact) mass is 370 g/mol. The lowest BCUT2D eigenvalue weighted by molar-refractivity contribution is 0.214. The lowest BCUT2D eigenvalue weighted by Crippen LogP contribution is -2.34. The highest BCUT2D eigenvalue weighted by Crippen LogP contribution is 2.41. The molecule has 2 aromatic carbocycles. The van der Waals surface area contributed by atoms with Crippen LogP contribution in [-0.4, -0.2) is 23.2 Å². The van der Waals surface area contributed by atoms with Gasteiger partial charge in [-0.15, -0.1) is 11.8 Å². The summed E-state index contributed by atoms with van der Waals surface area (Å²) >= 11 is 13.8. The van der Waals surface area contributed by atoms with Gasteiger partial charge in [0.1, 0.15) is 11.2 Å². The quantitative estimate of drug-likeness (QED) is 0.765. The number of nitrogens with one attached hydrogen (secondary N) is 1. The minimum absolute atomic E-state index is 0.162. The van der Waals surface area contributed by atoms with Crippen molar-refractivity contribution in [3.05, 3.63) is 63.9 Å². The number of hydrogen-bond donors (Lipinski definition) is 1. The second-order valence-corrected chi connectivity index (χ2v) is 7.02. The molecule has 1 fully saturated rings. The first-order valence-corrected chi connectivity index (χ1v) is 8.75. The van der Waals surface area contributed by atoms with E-state index in [1.165, 1.54) is 12.1 Å². The molecule has 2 aromatic rings. The van der Waals surface area contributed by atoms with Crippen LogP contribution < -0.4 is 5.32 Å². The Bertz CT molecular complexity index is 744. The van der Waals surface area contributed by atoms with Crippen molar-refractivity contribution < 1.29 is 9.18 Å². The van der Waals surface area contributed by atoms with Gasteiger partial charge in [-0.1, -0.05) is 41.4 Å². The Balaban J connectivity index is 1.81. The highest BCUT2D eigenvalue weighted by atomic mass is 35.5. The van der Waals surface area contributed by atoms with Crippen LogP contribution in [0.25, 0.3) is 0 Å². The molecule has 23 heavy (non-hydrogen) atoms. The SMILES string of the molecule is O=C(Nc1ccccc1F)N1CCSC1c1ccc(Cl)cc1Cl. The molecule has 3 nitrogen and oxygen atoms in total. The second-order valence-electron chi connectivity index (χ2n) is 4.99. The van der Waals surface area contributed by atoms with E-state index in [1.807, 2.05) is 6.07 Å². The van der Waals surface area contributed by atoms with Gasteiger partial charge >= 0.3 is 6.03 Å². The normalized spacial score (nSPS) is 17.3.